The third kappa shape index (κ3) is 4.68. The van der Waals surface area contributed by atoms with Gasteiger partial charge in [-0.15, -0.1) is 0 Å². The maximum absolute atomic E-state index is 11.7. The molecule has 0 aromatic heterocycles. The van der Waals surface area contributed by atoms with E-state index < -0.39 is 0 Å². The second kappa shape index (κ2) is 6.03. The van der Waals surface area contributed by atoms with Crippen molar-refractivity contribution >= 4 is 12.1 Å². The number of hydrogen-bond donors (Lipinski definition) is 1. The lowest BCUT2D eigenvalue weighted by atomic mass is 10.1. The lowest BCUT2D eigenvalue weighted by molar-refractivity contribution is 0.0943. The second-order valence-electron chi connectivity index (χ2n) is 4.34. The van der Waals surface area contributed by atoms with Crippen molar-refractivity contribution in [1.29, 1.82) is 0 Å². The summed E-state index contributed by atoms with van der Waals surface area (Å²) in [7, 11) is 3.72. The molecule has 0 aliphatic rings. The number of nitrogens with one attached hydrogen (secondary N) is 1. The van der Waals surface area contributed by atoms with E-state index in [2.05, 4.69) is 10.4 Å². The van der Waals surface area contributed by atoms with E-state index in [9.17, 15) is 4.79 Å². The molecular weight excluding hydrogens is 214 g/mol. The third-order valence-electron chi connectivity index (χ3n) is 2.03. The van der Waals surface area contributed by atoms with Gasteiger partial charge in [0, 0.05) is 25.7 Å². The van der Waals surface area contributed by atoms with Crippen LogP contribution in [0.5, 0.6) is 0 Å². The summed E-state index contributed by atoms with van der Waals surface area (Å²) in [6.45, 7) is 3.88. The van der Waals surface area contributed by atoms with E-state index in [-0.39, 0.29) is 11.9 Å². The molecule has 0 saturated carbocycles. The Morgan fingerprint density at radius 2 is 1.88 bits per heavy atom. The zero-order valence-electron chi connectivity index (χ0n) is 10.8. The molecule has 0 fully saturated rings. The molecule has 4 heteroatoms. The Morgan fingerprint density at radius 1 is 1.29 bits per heavy atom. The Bertz CT molecular complexity index is 394. The van der Waals surface area contributed by atoms with Gasteiger partial charge in [-0.3, -0.25) is 4.79 Å². The number of hydrogen-bond acceptors (Lipinski definition) is 3. The van der Waals surface area contributed by atoms with Gasteiger partial charge in [0.25, 0.3) is 5.91 Å². The maximum Gasteiger partial charge on any atom is 0.251 e. The number of amides is 1. The predicted molar refractivity (Wildman–Crippen MR) is 70.3 cm³/mol. The van der Waals surface area contributed by atoms with Crippen LogP contribution in [-0.2, 0) is 0 Å². The molecule has 1 amide bonds. The molecule has 0 unspecified atom stereocenters. The van der Waals surface area contributed by atoms with Crippen LogP contribution in [0.4, 0.5) is 0 Å². The van der Waals surface area contributed by atoms with Crippen LogP contribution in [-0.4, -0.2) is 37.3 Å². The number of benzene rings is 1. The average molecular weight is 233 g/mol. The highest BCUT2D eigenvalue weighted by Gasteiger charge is 2.05. The van der Waals surface area contributed by atoms with Gasteiger partial charge in [-0.2, -0.15) is 5.10 Å². The van der Waals surface area contributed by atoms with Gasteiger partial charge in [0.05, 0.1) is 6.21 Å². The van der Waals surface area contributed by atoms with Crippen molar-refractivity contribution in [2.45, 2.75) is 19.9 Å². The van der Waals surface area contributed by atoms with Crippen LogP contribution in [0.3, 0.4) is 0 Å². The van der Waals surface area contributed by atoms with Crippen molar-refractivity contribution in [3.05, 3.63) is 35.4 Å². The molecule has 17 heavy (non-hydrogen) atoms. The maximum atomic E-state index is 11.7. The normalized spacial score (nSPS) is 10.9. The fourth-order valence-electron chi connectivity index (χ4n) is 1.25. The van der Waals surface area contributed by atoms with E-state index in [4.69, 9.17) is 0 Å². The first-order valence-corrected chi connectivity index (χ1v) is 5.61. The first-order valence-electron chi connectivity index (χ1n) is 5.61. The van der Waals surface area contributed by atoms with Crippen LogP contribution in [0.2, 0.25) is 0 Å². The van der Waals surface area contributed by atoms with Gasteiger partial charge in [0.15, 0.2) is 0 Å². The van der Waals surface area contributed by atoms with Crippen LogP contribution < -0.4 is 5.32 Å². The summed E-state index contributed by atoms with van der Waals surface area (Å²) in [5.74, 6) is -0.0453. The SMILES string of the molecule is CC(C)NC(=O)c1ccc(/C=N\N(C)C)cc1. The second-order valence-corrected chi connectivity index (χ2v) is 4.34. The zero-order chi connectivity index (χ0) is 12.8. The molecular formula is C13H19N3O. The highest BCUT2D eigenvalue weighted by atomic mass is 16.1. The summed E-state index contributed by atoms with van der Waals surface area (Å²) in [6, 6.07) is 7.51. The summed E-state index contributed by atoms with van der Waals surface area (Å²) >= 11 is 0. The summed E-state index contributed by atoms with van der Waals surface area (Å²) < 4.78 is 0. The summed E-state index contributed by atoms with van der Waals surface area (Å²) in [5.41, 5.74) is 1.64. The molecule has 0 radical (unpaired) electrons. The quantitative estimate of drug-likeness (QED) is 0.635. The average Bonchev–Trinajstić information content (AvgIpc) is 2.26. The molecule has 0 aliphatic carbocycles. The first kappa shape index (κ1) is 13.2. The van der Waals surface area contributed by atoms with E-state index in [1.54, 1.807) is 23.4 Å². The summed E-state index contributed by atoms with van der Waals surface area (Å²) in [5, 5.41) is 8.70. The molecule has 1 aromatic carbocycles. The smallest absolute Gasteiger partial charge is 0.251 e. The Hall–Kier alpha value is -1.84. The fourth-order valence-corrected chi connectivity index (χ4v) is 1.25. The van der Waals surface area contributed by atoms with Crippen LogP contribution in [0.1, 0.15) is 29.8 Å². The van der Waals surface area contributed by atoms with Gasteiger partial charge in [-0.05, 0) is 31.5 Å². The largest absolute Gasteiger partial charge is 0.350 e. The standard InChI is InChI=1S/C13H19N3O/c1-10(2)15-13(17)12-7-5-11(6-8-12)9-14-16(3)4/h5-10H,1-4H3,(H,15,17)/b14-9-. The van der Waals surface area contributed by atoms with Gasteiger partial charge in [-0.1, -0.05) is 12.1 Å². The van der Waals surface area contributed by atoms with Crippen molar-refractivity contribution in [1.82, 2.24) is 10.3 Å². The minimum atomic E-state index is -0.0453. The summed E-state index contributed by atoms with van der Waals surface area (Å²) in [4.78, 5) is 11.7. The third-order valence-corrected chi connectivity index (χ3v) is 2.03. The van der Waals surface area contributed by atoms with Gasteiger partial charge >= 0.3 is 0 Å². The van der Waals surface area contributed by atoms with E-state index in [1.807, 2.05) is 40.1 Å². The van der Waals surface area contributed by atoms with Crippen molar-refractivity contribution < 1.29 is 4.79 Å². The number of nitrogens with zero attached hydrogens (tertiary/aromatic N) is 2. The highest BCUT2D eigenvalue weighted by molar-refractivity contribution is 5.95. The Balaban J connectivity index is 2.71. The molecule has 0 saturated heterocycles. The molecule has 4 nitrogen and oxygen atoms in total. The molecule has 0 atom stereocenters. The van der Waals surface area contributed by atoms with Crippen LogP contribution >= 0.6 is 0 Å². The molecule has 1 rings (SSSR count). The molecule has 1 aromatic rings. The molecule has 0 aliphatic heterocycles. The minimum Gasteiger partial charge on any atom is -0.350 e. The molecule has 0 heterocycles. The highest BCUT2D eigenvalue weighted by Crippen LogP contribution is 2.03. The zero-order valence-corrected chi connectivity index (χ0v) is 10.8. The van der Waals surface area contributed by atoms with E-state index in [1.165, 1.54) is 0 Å². The molecule has 0 spiro atoms. The molecule has 1 N–H and O–H groups in total. The number of carbonyl (C=O) groups excluding carboxylic acids is 1. The number of carbonyl (C=O) groups is 1. The van der Waals surface area contributed by atoms with E-state index >= 15 is 0 Å². The van der Waals surface area contributed by atoms with Gasteiger partial charge in [-0.25, -0.2) is 0 Å². The van der Waals surface area contributed by atoms with E-state index in [0.717, 1.165) is 5.56 Å². The Morgan fingerprint density at radius 3 is 2.35 bits per heavy atom. The van der Waals surface area contributed by atoms with Crippen molar-refractivity contribution in [2.75, 3.05) is 14.1 Å². The van der Waals surface area contributed by atoms with Crippen LogP contribution in [0, 0.1) is 0 Å². The fraction of sp³-hybridized carbons (Fsp3) is 0.385. The van der Waals surface area contributed by atoms with E-state index in [0.29, 0.717) is 5.56 Å². The van der Waals surface area contributed by atoms with Gasteiger partial charge < -0.3 is 10.3 Å². The van der Waals surface area contributed by atoms with Crippen molar-refractivity contribution in [3.63, 3.8) is 0 Å². The van der Waals surface area contributed by atoms with Gasteiger partial charge in [0.1, 0.15) is 0 Å². The van der Waals surface area contributed by atoms with Gasteiger partial charge in [0.2, 0.25) is 0 Å². The monoisotopic (exact) mass is 233 g/mol. The Labute approximate surface area is 102 Å². The summed E-state index contributed by atoms with van der Waals surface area (Å²) in [6.07, 6.45) is 1.75. The first-order chi connectivity index (χ1) is 7.99. The van der Waals surface area contributed by atoms with Crippen molar-refractivity contribution in [2.24, 2.45) is 5.10 Å². The predicted octanol–water partition coefficient (Wildman–Crippen LogP) is 1.72. The van der Waals surface area contributed by atoms with Crippen molar-refractivity contribution in [3.8, 4) is 0 Å². The lowest BCUT2D eigenvalue weighted by Gasteiger charge is -2.08. The van der Waals surface area contributed by atoms with Crippen LogP contribution in [0.25, 0.3) is 0 Å². The minimum absolute atomic E-state index is 0.0453. The number of hydrazone groups is 1. The van der Waals surface area contributed by atoms with Crippen LogP contribution in [0.15, 0.2) is 29.4 Å². The molecule has 0 bridgehead atoms. The topological polar surface area (TPSA) is 44.7 Å². The Kier molecular flexibility index (Phi) is 4.69. The number of rotatable bonds is 4. The molecule has 92 valence electrons. The lowest BCUT2D eigenvalue weighted by Crippen LogP contribution is -2.29.